The Balaban J connectivity index is 1.05. The van der Waals surface area contributed by atoms with Crippen LogP contribution in [0.25, 0.3) is 10.9 Å². The van der Waals surface area contributed by atoms with Gasteiger partial charge in [0.1, 0.15) is 17.2 Å². The fraction of sp³-hybridized carbons (Fsp3) is 0.278. The highest BCUT2D eigenvalue weighted by Gasteiger charge is 2.29. The molecular formula is C36H36F3N5O5S. The number of pyridine rings is 1. The maximum Gasteiger partial charge on any atom is 0.422 e. The van der Waals surface area contributed by atoms with Gasteiger partial charge in [0.2, 0.25) is 5.88 Å². The highest BCUT2D eigenvalue weighted by Crippen LogP contribution is 2.29. The number of piperazine rings is 1. The number of alkyl halides is 3. The molecule has 262 valence electrons. The van der Waals surface area contributed by atoms with Crippen LogP contribution in [0, 0.1) is 6.92 Å². The van der Waals surface area contributed by atoms with Crippen molar-refractivity contribution in [1.82, 2.24) is 19.4 Å². The van der Waals surface area contributed by atoms with Gasteiger partial charge in [0.05, 0.1) is 22.3 Å². The molecule has 10 nitrogen and oxygen atoms in total. The number of sulfonamides is 1. The first-order chi connectivity index (χ1) is 23.8. The average molecular weight is 708 g/mol. The number of anilines is 1. The summed E-state index contributed by atoms with van der Waals surface area (Å²) < 4.78 is 77.1. The predicted octanol–water partition coefficient (Wildman–Crippen LogP) is 6.40. The van der Waals surface area contributed by atoms with Gasteiger partial charge in [-0.2, -0.15) is 13.2 Å². The first kappa shape index (κ1) is 34.8. The summed E-state index contributed by atoms with van der Waals surface area (Å²) in [6, 6.07) is 23.8. The van der Waals surface area contributed by atoms with Crippen molar-refractivity contribution in [3.8, 4) is 17.4 Å². The van der Waals surface area contributed by atoms with Crippen molar-refractivity contribution in [3.63, 3.8) is 0 Å². The summed E-state index contributed by atoms with van der Waals surface area (Å²) in [5.41, 5.74) is 3.63. The summed E-state index contributed by atoms with van der Waals surface area (Å²) in [6.45, 7) is 3.54. The van der Waals surface area contributed by atoms with Crippen molar-refractivity contribution in [3.05, 3.63) is 108 Å². The molecule has 0 unspecified atom stereocenters. The number of carbonyl (C=O) groups excluding carboxylic acids is 1. The molecule has 6 rings (SSSR count). The minimum absolute atomic E-state index is 0.0843. The number of rotatable bonds is 10. The topological polar surface area (TPSA) is 97.2 Å². The number of hydrogen-bond donors (Lipinski definition) is 0. The van der Waals surface area contributed by atoms with Crippen molar-refractivity contribution >= 4 is 32.5 Å². The van der Waals surface area contributed by atoms with Crippen LogP contribution >= 0.6 is 0 Å². The van der Waals surface area contributed by atoms with Gasteiger partial charge in [-0.3, -0.25) is 14.0 Å². The summed E-state index contributed by atoms with van der Waals surface area (Å²) >= 11 is 0. The van der Waals surface area contributed by atoms with Gasteiger partial charge in [0.25, 0.3) is 15.9 Å². The van der Waals surface area contributed by atoms with E-state index in [0.29, 0.717) is 49.9 Å². The number of fused-ring (bicyclic) bond motifs is 1. The largest absolute Gasteiger partial charge is 0.484 e. The standard InChI is InChI=1S/C36H36F3N5O5S/c1-25-4-13-31(14-5-25)50(46,47)42(3)28-9-15-34(40-22-28)49-30-12-8-27-20-33(41(2)32(27)21-30)35(45)44-18-16-43(17-19-44)23-26-6-10-29(11-7-26)48-24-36(37,38)39/h4-15,20-22H,16-19,23-24H2,1-3H3. The molecule has 1 aliphatic heterocycles. The van der Waals surface area contributed by atoms with E-state index in [0.717, 1.165) is 22.0 Å². The van der Waals surface area contributed by atoms with E-state index in [9.17, 15) is 26.4 Å². The molecule has 3 aromatic carbocycles. The van der Waals surface area contributed by atoms with Crippen LogP contribution in [0.3, 0.4) is 0 Å². The van der Waals surface area contributed by atoms with Gasteiger partial charge in [0.15, 0.2) is 6.61 Å². The van der Waals surface area contributed by atoms with Crippen LogP contribution in [-0.2, 0) is 23.6 Å². The zero-order valence-corrected chi connectivity index (χ0v) is 28.5. The summed E-state index contributed by atoms with van der Waals surface area (Å²) in [4.78, 5) is 22.1. The molecule has 0 spiro atoms. The quantitative estimate of drug-likeness (QED) is 0.166. The van der Waals surface area contributed by atoms with Crippen molar-refractivity contribution < 1.29 is 35.9 Å². The zero-order chi connectivity index (χ0) is 35.6. The molecular weight excluding hydrogens is 671 g/mol. The monoisotopic (exact) mass is 707 g/mol. The highest BCUT2D eigenvalue weighted by molar-refractivity contribution is 7.92. The first-order valence-corrected chi connectivity index (χ1v) is 17.3. The molecule has 3 heterocycles. The Hall–Kier alpha value is -5.08. The smallest absolute Gasteiger partial charge is 0.422 e. The molecule has 1 amide bonds. The van der Waals surface area contributed by atoms with E-state index in [1.807, 2.05) is 41.6 Å². The molecule has 1 fully saturated rings. The lowest BCUT2D eigenvalue weighted by atomic mass is 10.2. The van der Waals surface area contributed by atoms with Crippen molar-refractivity contribution in [2.24, 2.45) is 7.05 Å². The third-order valence-corrected chi connectivity index (χ3v) is 10.4. The molecule has 0 N–H and O–H groups in total. The van der Waals surface area contributed by atoms with E-state index >= 15 is 0 Å². The number of aromatic nitrogens is 2. The van der Waals surface area contributed by atoms with E-state index in [1.165, 1.54) is 29.7 Å². The Kier molecular flexibility index (Phi) is 9.76. The SMILES string of the molecule is Cc1ccc(S(=O)(=O)N(C)c2ccc(Oc3ccc4cc(C(=O)N5CCN(Cc6ccc(OCC(F)(F)F)cc6)CC5)n(C)c4c3)nc2)cc1. The normalized spacial score (nSPS) is 14.2. The maximum absolute atomic E-state index is 13.6. The van der Waals surface area contributed by atoms with Crippen LogP contribution in [0.5, 0.6) is 17.4 Å². The molecule has 14 heteroatoms. The molecule has 5 aromatic rings. The maximum atomic E-state index is 13.6. The van der Waals surface area contributed by atoms with E-state index in [2.05, 4.69) is 9.88 Å². The van der Waals surface area contributed by atoms with Gasteiger partial charge in [0, 0.05) is 64.3 Å². The minimum Gasteiger partial charge on any atom is -0.484 e. The van der Waals surface area contributed by atoms with Gasteiger partial charge in [-0.1, -0.05) is 29.8 Å². The number of benzene rings is 3. The van der Waals surface area contributed by atoms with Gasteiger partial charge in [-0.15, -0.1) is 0 Å². The van der Waals surface area contributed by atoms with Crippen LogP contribution in [0.1, 0.15) is 21.6 Å². The van der Waals surface area contributed by atoms with Crippen molar-refractivity contribution in [2.75, 3.05) is 44.1 Å². The Labute approximate surface area is 288 Å². The number of nitrogens with zero attached hydrogens (tertiary/aromatic N) is 5. The van der Waals surface area contributed by atoms with Gasteiger partial charge in [-0.05, 0) is 61.0 Å². The Morgan fingerprint density at radius 1 is 0.900 bits per heavy atom. The average Bonchev–Trinajstić information content (AvgIpc) is 3.43. The molecule has 2 aromatic heterocycles. The van der Waals surface area contributed by atoms with Gasteiger partial charge in [-0.25, -0.2) is 13.4 Å². The summed E-state index contributed by atoms with van der Waals surface area (Å²) in [6.07, 6.45) is -2.95. The number of aryl methyl sites for hydroxylation is 2. The van der Waals surface area contributed by atoms with Crippen LogP contribution in [0.2, 0.25) is 0 Å². The van der Waals surface area contributed by atoms with E-state index in [4.69, 9.17) is 9.47 Å². The Morgan fingerprint density at radius 3 is 2.22 bits per heavy atom. The lowest BCUT2D eigenvalue weighted by Gasteiger charge is -2.34. The molecule has 0 radical (unpaired) electrons. The van der Waals surface area contributed by atoms with Gasteiger partial charge < -0.3 is 18.9 Å². The lowest BCUT2D eigenvalue weighted by molar-refractivity contribution is -0.153. The first-order valence-electron chi connectivity index (χ1n) is 15.9. The summed E-state index contributed by atoms with van der Waals surface area (Å²) in [7, 11) is -0.458. The number of amides is 1. The lowest BCUT2D eigenvalue weighted by Crippen LogP contribution is -2.48. The highest BCUT2D eigenvalue weighted by atomic mass is 32.2. The Morgan fingerprint density at radius 2 is 1.58 bits per heavy atom. The second-order valence-electron chi connectivity index (χ2n) is 12.2. The molecule has 0 aliphatic carbocycles. The van der Waals surface area contributed by atoms with E-state index in [-0.39, 0.29) is 22.4 Å². The van der Waals surface area contributed by atoms with Crippen LogP contribution in [-0.4, -0.2) is 79.7 Å². The van der Waals surface area contributed by atoms with Crippen LogP contribution in [0.15, 0.2) is 96.0 Å². The fourth-order valence-electron chi connectivity index (χ4n) is 5.71. The number of ether oxygens (including phenoxy) is 2. The van der Waals surface area contributed by atoms with Gasteiger partial charge >= 0.3 is 6.18 Å². The molecule has 1 aliphatic rings. The summed E-state index contributed by atoms with van der Waals surface area (Å²) in [5, 5.41) is 0.871. The van der Waals surface area contributed by atoms with Crippen molar-refractivity contribution in [2.45, 2.75) is 24.5 Å². The molecule has 0 saturated carbocycles. The number of hydrogen-bond acceptors (Lipinski definition) is 7. The zero-order valence-electron chi connectivity index (χ0n) is 27.7. The molecule has 50 heavy (non-hydrogen) atoms. The summed E-state index contributed by atoms with van der Waals surface area (Å²) in [5.74, 6) is 0.868. The second-order valence-corrected chi connectivity index (χ2v) is 14.1. The van der Waals surface area contributed by atoms with E-state index in [1.54, 1.807) is 54.6 Å². The molecule has 0 atom stereocenters. The van der Waals surface area contributed by atoms with Crippen LogP contribution in [0.4, 0.5) is 18.9 Å². The van der Waals surface area contributed by atoms with Crippen molar-refractivity contribution in [1.29, 1.82) is 0 Å². The van der Waals surface area contributed by atoms with E-state index < -0.39 is 22.8 Å². The minimum atomic E-state index is -4.39. The Bertz CT molecular complexity index is 2080. The predicted molar refractivity (Wildman–Crippen MR) is 183 cm³/mol. The number of carbonyl (C=O) groups is 1. The molecule has 0 bridgehead atoms. The second kappa shape index (κ2) is 14.0. The number of halogens is 3. The third kappa shape index (κ3) is 7.87. The molecule has 1 saturated heterocycles. The third-order valence-electron chi connectivity index (χ3n) is 8.61. The fourth-order valence-corrected chi connectivity index (χ4v) is 6.89. The van der Waals surface area contributed by atoms with Crippen LogP contribution < -0.4 is 13.8 Å².